The van der Waals surface area contributed by atoms with Crippen molar-refractivity contribution in [1.29, 1.82) is 0 Å². The molecule has 1 aliphatic heterocycles. The fourth-order valence-corrected chi connectivity index (χ4v) is 3.10. The van der Waals surface area contributed by atoms with Gasteiger partial charge in [0, 0.05) is 7.05 Å². The highest BCUT2D eigenvalue weighted by Crippen LogP contribution is 2.53. The molecule has 5 heteroatoms. The van der Waals surface area contributed by atoms with Gasteiger partial charge in [-0.2, -0.15) is 0 Å². The number of hydrogen-bond acceptors (Lipinski definition) is 4. The Morgan fingerprint density at radius 3 is 3.00 bits per heavy atom. The number of cyclic esters (lactones) is 1. The van der Waals surface area contributed by atoms with E-state index in [-0.39, 0.29) is 23.7 Å². The normalized spacial score (nSPS) is 43.1. The number of allylic oxidation sites excluding steroid dienone is 2. The molecular weight excluding hydrogens is 210 g/mol. The molecule has 86 valence electrons. The molecule has 1 saturated carbocycles. The molecular formula is C11H13NO4. The molecule has 0 aromatic rings. The zero-order chi connectivity index (χ0) is 11.3. The summed E-state index contributed by atoms with van der Waals surface area (Å²) < 4.78 is 10.2. The van der Waals surface area contributed by atoms with Crippen molar-refractivity contribution in [3.63, 3.8) is 0 Å². The largest absolute Gasteiger partial charge is 0.424 e. The molecule has 0 aromatic heterocycles. The van der Waals surface area contributed by atoms with Crippen molar-refractivity contribution in [2.45, 2.75) is 12.7 Å². The molecule has 0 radical (unpaired) electrons. The fourth-order valence-electron chi connectivity index (χ4n) is 3.10. The summed E-state index contributed by atoms with van der Waals surface area (Å²) in [6.07, 6.45) is 3.91. The van der Waals surface area contributed by atoms with Crippen LogP contribution in [0, 0.1) is 23.7 Å². The predicted molar refractivity (Wildman–Crippen MR) is 53.1 cm³/mol. The number of esters is 1. The highest BCUT2D eigenvalue weighted by Gasteiger charge is 2.59. The smallest absolute Gasteiger partial charge is 0.409 e. The zero-order valence-corrected chi connectivity index (χ0v) is 8.88. The van der Waals surface area contributed by atoms with Gasteiger partial charge in [0.25, 0.3) is 6.29 Å². The van der Waals surface area contributed by atoms with Crippen LogP contribution in [-0.4, -0.2) is 25.4 Å². The second-order valence-electron chi connectivity index (χ2n) is 4.51. The number of nitrogens with one attached hydrogen (secondary N) is 1. The quantitative estimate of drug-likeness (QED) is 0.524. The lowest BCUT2D eigenvalue weighted by Crippen LogP contribution is -2.32. The first-order valence-electron chi connectivity index (χ1n) is 5.48. The van der Waals surface area contributed by atoms with Crippen molar-refractivity contribution >= 4 is 12.1 Å². The molecule has 2 aliphatic carbocycles. The van der Waals surface area contributed by atoms with Gasteiger partial charge in [0.1, 0.15) is 0 Å². The molecule has 0 spiro atoms. The molecule has 0 aromatic carbocycles. The van der Waals surface area contributed by atoms with E-state index >= 15 is 0 Å². The molecule has 5 atom stereocenters. The van der Waals surface area contributed by atoms with Gasteiger partial charge in [-0.05, 0) is 18.3 Å². The van der Waals surface area contributed by atoms with E-state index in [1.165, 1.54) is 7.05 Å². The van der Waals surface area contributed by atoms with Crippen LogP contribution in [0.25, 0.3) is 0 Å². The van der Waals surface area contributed by atoms with Crippen molar-refractivity contribution in [2.24, 2.45) is 23.7 Å². The second-order valence-corrected chi connectivity index (χ2v) is 4.51. The fraction of sp³-hybridized carbons (Fsp3) is 0.636. The van der Waals surface area contributed by atoms with Crippen LogP contribution in [0.3, 0.4) is 0 Å². The summed E-state index contributed by atoms with van der Waals surface area (Å²) >= 11 is 0. The van der Waals surface area contributed by atoms with Gasteiger partial charge in [0.05, 0.1) is 11.8 Å². The van der Waals surface area contributed by atoms with Crippen molar-refractivity contribution in [1.82, 2.24) is 5.32 Å². The lowest BCUT2D eigenvalue weighted by atomic mass is 9.85. The number of alkyl carbamates (subject to hydrolysis) is 1. The van der Waals surface area contributed by atoms with Gasteiger partial charge in [0.2, 0.25) is 0 Å². The summed E-state index contributed by atoms with van der Waals surface area (Å²) in [5.41, 5.74) is 0. The third-order valence-corrected chi connectivity index (χ3v) is 3.77. The summed E-state index contributed by atoms with van der Waals surface area (Å²) in [7, 11) is 1.48. The van der Waals surface area contributed by atoms with Gasteiger partial charge in [-0.1, -0.05) is 12.2 Å². The number of rotatable bonds is 1. The maximum absolute atomic E-state index is 11.7. The van der Waals surface area contributed by atoms with Crippen LogP contribution in [0.1, 0.15) is 6.42 Å². The summed E-state index contributed by atoms with van der Waals surface area (Å²) in [5, 5.41) is 2.36. The number of ether oxygens (including phenoxy) is 2. The van der Waals surface area contributed by atoms with Gasteiger partial charge in [-0.3, -0.25) is 4.79 Å². The Labute approximate surface area is 92.8 Å². The first-order valence-corrected chi connectivity index (χ1v) is 5.48. The summed E-state index contributed by atoms with van der Waals surface area (Å²) in [6, 6.07) is 0. The van der Waals surface area contributed by atoms with Crippen LogP contribution < -0.4 is 5.32 Å². The Balaban J connectivity index is 1.80. The molecule has 16 heavy (non-hydrogen) atoms. The minimum absolute atomic E-state index is 0.0137. The molecule has 2 bridgehead atoms. The van der Waals surface area contributed by atoms with E-state index in [4.69, 9.17) is 9.47 Å². The molecule has 3 rings (SSSR count). The number of carbonyl (C=O) groups is 2. The maximum atomic E-state index is 11.7. The van der Waals surface area contributed by atoms with Gasteiger partial charge in [-0.15, -0.1) is 0 Å². The van der Waals surface area contributed by atoms with Crippen molar-refractivity contribution in [3.8, 4) is 0 Å². The van der Waals surface area contributed by atoms with Crippen LogP contribution in [-0.2, 0) is 14.3 Å². The molecule has 1 heterocycles. The van der Waals surface area contributed by atoms with Crippen molar-refractivity contribution < 1.29 is 19.1 Å². The lowest BCUT2D eigenvalue weighted by molar-refractivity contribution is -0.158. The van der Waals surface area contributed by atoms with Gasteiger partial charge < -0.3 is 14.8 Å². The molecule has 5 unspecified atom stereocenters. The van der Waals surface area contributed by atoms with E-state index in [9.17, 15) is 9.59 Å². The highest BCUT2D eigenvalue weighted by atomic mass is 16.7. The predicted octanol–water partition coefficient (Wildman–Crippen LogP) is 0.664. The van der Waals surface area contributed by atoms with Crippen LogP contribution >= 0.6 is 0 Å². The first kappa shape index (κ1) is 9.69. The molecule has 1 amide bonds. The number of hydrogen-bond donors (Lipinski definition) is 1. The van der Waals surface area contributed by atoms with Crippen LogP contribution in [0.15, 0.2) is 12.2 Å². The number of amides is 1. The van der Waals surface area contributed by atoms with Crippen LogP contribution in [0.5, 0.6) is 0 Å². The first-order chi connectivity index (χ1) is 7.70. The van der Waals surface area contributed by atoms with E-state index in [1.807, 2.05) is 0 Å². The third-order valence-electron chi connectivity index (χ3n) is 3.77. The lowest BCUT2D eigenvalue weighted by Gasteiger charge is -2.21. The Morgan fingerprint density at radius 1 is 1.50 bits per heavy atom. The SMILES string of the molecule is CNC(=O)OC1OC(=O)C2C3C=CC(C3)C12. The topological polar surface area (TPSA) is 64.6 Å². The van der Waals surface area contributed by atoms with Crippen LogP contribution in [0.2, 0.25) is 0 Å². The zero-order valence-electron chi connectivity index (χ0n) is 8.88. The molecule has 1 saturated heterocycles. The van der Waals surface area contributed by atoms with E-state index in [2.05, 4.69) is 17.5 Å². The Bertz CT molecular complexity index is 378. The Kier molecular flexibility index (Phi) is 1.96. The Hall–Kier alpha value is -1.52. The van der Waals surface area contributed by atoms with E-state index in [0.717, 1.165) is 6.42 Å². The third kappa shape index (κ3) is 1.17. The standard InChI is InChI=1S/C11H13NO4/c1-12-11(14)16-10-8-6-3-2-5(4-6)7(8)9(13)15-10/h2-3,5-8,10H,4H2,1H3,(H,12,14). The highest BCUT2D eigenvalue weighted by molar-refractivity contribution is 5.77. The van der Waals surface area contributed by atoms with E-state index < -0.39 is 12.4 Å². The van der Waals surface area contributed by atoms with Gasteiger partial charge in [-0.25, -0.2) is 4.79 Å². The van der Waals surface area contributed by atoms with E-state index in [1.54, 1.807) is 0 Å². The minimum atomic E-state index is -0.711. The number of fused-ring (bicyclic) bond motifs is 5. The Morgan fingerprint density at radius 2 is 2.25 bits per heavy atom. The molecule has 1 N–H and O–H groups in total. The van der Waals surface area contributed by atoms with E-state index in [0.29, 0.717) is 5.92 Å². The van der Waals surface area contributed by atoms with Gasteiger partial charge in [0.15, 0.2) is 0 Å². The average molecular weight is 223 g/mol. The average Bonchev–Trinajstić information content (AvgIpc) is 2.92. The summed E-state index contributed by atoms with van der Waals surface area (Å²) in [6.45, 7) is 0. The van der Waals surface area contributed by atoms with Gasteiger partial charge >= 0.3 is 12.1 Å². The minimum Gasteiger partial charge on any atom is -0.424 e. The summed E-state index contributed by atoms with van der Waals surface area (Å²) in [5.74, 6) is 0.275. The maximum Gasteiger partial charge on any atom is 0.409 e. The molecule has 3 aliphatic rings. The monoisotopic (exact) mass is 223 g/mol. The second kappa shape index (κ2) is 3.23. The summed E-state index contributed by atoms with van der Waals surface area (Å²) in [4.78, 5) is 22.8. The van der Waals surface area contributed by atoms with Crippen molar-refractivity contribution in [3.05, 3.63) is 12.2 Å². The molecule has 2 fully saturated rings. The molecule has 5 nitrogen and oxygen atoms in total. The van der Waals surface area contributed by atoms with Crippen LogP contribution in [0.4, 0.5) is 4.79 Å². The van der Waals surface area contributed by atoms with Crippen molar-refractivity contribution in [2.75, 3.05) is 7.05 Å². The number of carbonyl (C=O) groups excluding carboxylic acids is 2.